The van der Waals surface area contributed by atoms with E-state index in [9.17, 15) is 0 Å². The van der Waals surface area contributed by atoms with E-state index in [0.717, 1.165) is 6.04 Å². The lowest BCUT2D eigenvalue weighted by atomic mass is 9.63. The molecule has 1 saturated heterocycles. The molecule has 0 amide bonds. The first kappa shape index (κ1) is 13.2. The van der Waals surface area contributed by atoms with Crippen LogP contribution in [0.15, 0.2) is 30.3 Å². The van der Waals surface area contributed by atoms with Gasteiger partial charge in [0.1, 0.15) is 0 Å². The molecule has 0 aromatic heterocycles. The van der Waals surface area contributed by atoms with Crippen molar-refractivity contribution in [3.63, 3.8) is 0 Å². The second-order valence-corrected chi connectivity index (χ2v) is 6.58. The number of likely N-dealkylation sites (tertiary alicyclic amines) is 1. The molecule has 1 heterocycles. The molecule has 1 aromatic carbocycles. The molecule has 1 aliphatic carbocycles. The van der Waals surface area contributed by atoms with Crippen LogP contribution in [0.1, 0.15) is 56.9 Å². The van der Waals surface area contributed by atoms with E-state index < -0.39 is 0 Å². The summed E-state index contributed by atoms with van der Waals surface area (Å²) in [5, 5.41) is 0. The Morgan fingerprint density at radius 1 is 0.947 bits per heavy atom. The highest BCUT2D eigenvalue weighted by Crippen LogP contribution is 2.46. The maximum Gasteiger partial charge on any atom is 0.0189 e. The minimum atomic E-state index is 0.439. The molecular weight excluding hydrogens is 230 g/mol. The van der Waals surface area contributed by atoms with Crippen LogP contribution in [-0.2, 0) is 5.41 Å². The lowest BCUT2D eigenvalue weighted by Crippen LogP contribution is -2.52. The summed E-state index contributed by atoms with van der Waals surface area (Å²) in [6.45, 7) is 1.29. The molecule has 1 atom stereocenters. The number of benzene rings is 1. The van der Waals surface area contributed by atoms with Gasteiger partial charge in [-0.25, -0.2) is 0 Å². The Kier molecular flexibility index (Phi) is 3.93. The number of likely N-dealkylation sites (N-methyl/N-ethyl adjacent to an activating group) is 1. The summed E-state index contributed by atoms with van der Waals surface area (Å²) < 4.78 is 0. The Labute approximate surface area is 118 Å². The molecule has 1 heteroatoms. The number of nitrogens with zero attached hydrogens (tertiary/aromatic N) is 1. The molecule has 19 heavy (non-hydrogen) atoms. The molecule has 1 saturated carbocycles. The van der Waals surface area contributed by atoms with Crippen LogP contribution in [-0.4, -0.2) is 24.5 Å². The zero-order valence-corrected chi connectivity index (χ0v) is 12.3. The van der Waals surface area contributed by atoms with E-state index in [4.69, 9.17) is 0 Å². The van der Waals surface area contributed by atoms with E-state index in [0.29, 0.717) is 5.41 Å². The molecule has 1 aliphatic heterocycles. The lowest BCUT2D eigenvalue weighted by molar-refractivity contribution is 0.0769. The van der Waals surface area contributed by atoms with Crippen molar-refractivity contribution in [2.45, 2.75) is 62.8 Å². The molecule has 1 nitrogen and oxygen atoms in total. The van der Waals surface area contributed by atoms with Crippen molar-refractivity contribution in [1.29, 1.82) is 0 Å². The van der Waals surface area contributed by atoms with E-state index in [2.05, 4.69) is 42.3 Å². The zero-order valence-electron chi connectivity index (χ0n) is 12.3. The zero-order chi connectivity index (χ0) is 13.1. The Balaban J connectivity index is 1.96. The van der Waals surface area contributed by atoms with Crippen molar-refractivity contribution in [3.8, 4) is 0 Å². The van der Waals surface area contributed by atoms with Gasteiger partial charge in [-0.1, -0.05) is 56.0 Å². The van der Waals surface area contributed by atoms with E-state index in [1.54, 1.807) is 5.56 Å². The fraction of sp³-hybridized carbons (Fsp3) is 0.667. The number of rotatable bonds is 2. The largest absolute Gasteiger partial charge is 0.303 e. The van der Waals surface area contributed by atoms with Gasteiger partial charge in [0, 0.05) is 11.5 Å². The average Bonchev–Trinajstić information content (AvgIpc) is 2.49. The maximum atomic E-state index is 2.65. The van der Waals surface area contributed by atoms with Crippen LogP contribution in [0.2, 0.25) is 0 Å². The van der Waals surface area contributed by atoms with Gasteiger partial charge in [0.05, 0.1) is 0 Å². The first-order valence-electron chi connectivity index (χ1n) is 8.09. The summed E-state index contributed by atoms with van der Waals surface area (Å²) in [6, 6.07) is 12.2. The lowest BCUT2D eigenvalue weighted by Gasteiger charge is -2.50. The van der Waals surface area contributed by atoms with E-state index in [1.807, 2.05) is 0 Å². The van der Waals surface area contributed by atoms with Crippen LogP contribution >= 0.6 is 0 Å². The number of hydrogen-bond donors (Lipinski definition) is 0. The molecule has 2 fully saturated rings. The smallest absolute Gasteiger partial charge is 0.0189 e. The Morgan fingerprint density at radius 3 is 2.37 bits per heavy atom. The topological polar surface area (TPSA) is 3.24 Å². The molecule has 0 spiro atoms. The van der Waals surface area contributed by atoms with Gasteiger partial charge in [0.2, 0.25) is 0 Å². The van der Waals surface area contributed by atoms with Crippen LogP contribution in [0.25, 0.3) is 0 Å². The van der Waals surface area contributed by atoms with Gasteiger partial charge in [-0.05, 0) is 44.8 Å². The normalized spacial score (nSPS) is 28.2. The van der Waals surface area contributed by atoms with Crippen molar-refractivity contribution in [1.82, 2.24) is 4.90 Å². The second kappa shape index (κ2) is 5.66. The highest BCUT2D eigenvalue weighted by molar-refractivity contribution is 5.29. The Morgan fingerprint density at radius 2 is 1.68 bits per heavy atom. The van der Waals surface area contributed by atoms with Gasteiger partial charge in [-0.15, -0.1) is 0 Å². The predicted molar refractivity (Wildman–Crippen MR) is 81.5 cm³/mol. The van der Waals surface area contributed by atoms with Crippen molar-refractivity contribution in [2.75, 3.05) is 13.6 Å². The standard InChI is InChI=1S/C18H27N/c1-19-15-9-6-12-17(19)18(13-7-3-8-14-18)16-10-4-2-5-11-16/h2,4-5,10-11,17H,3,6-9,12-15H2,1H3/t17-/m1/s1. The van der Waals surface area contributed by atoms with Crippen molar-refractivity contribution in [2.24, 2.45) is 0 Å². The molecule has 0 N–H and O–H groups in total. The van der Waals surface area contributed by atoms with Crippen LogP contribution in [0.3, 0.4) is 0 Å². The molecule has 104 valence electrons. The minimum absolute atomic E-state index is 0.439. The van der Waals surface area contributed by atoms with Crippen molar-refractivity contribution < 1.29 is 0 Å². The highest BCUT2D eigenvalue weighted by Gasteiger charge is 2.43. The van der Waals surface area contributed by atoms with Crippen molar-refractivity contribution >= 4 is 0 Å². The Hall–Kier alpha value is -0.820. The summed E-state index contributed by atoms with van der Waals surface area (Å²) in [6.07, 6.45) is 11.3. The number of hydrogen-bond acceptors (Lipinski definition) is 1. The third kappa shape index (κ3) is 2.45. The molecule has 1 aromatic rings. The summed E-state index contributed by atoms with van der Waals surface area (Å²) in [5.74, 6) is 0. The van der Waals surface area contributed by atoms with Crippen LogP contribution in [0, 0.1) is 0 Å². The van der Waals surface area contributed by atoms with Crippen molar-refractivity contribution in [3.05, 3.63) is 35.9 Å². The van der Waals surface area contributed by atoms with Gasteiger partial charge in [0.15, 0.2) is 0 Å². The molecule has 3 rings (SSSR count). The summed E-state index contributed by atoms with van der Waals surface area (Å²) in [5.41, 5.74) is 2.04. The minimum Gasteiger partial charge on any atom is -0.303 e. The van der Waals surface area contributed by atoms with Gasteiger partial charge >= 0.3 is 0 Å². The fourth-order valence-electron chi connectivity index (χ4n) is 4.54. The monoisotopic (exact) mass is 257 g/mol. The van der Waals surface area contributed by atoms with Crippen LogP contribution in [0.4, 0.5) is 0 Å². The van der Waals surface area contributed by atoms with Gasteiger partial charge in [-0.2, -0.15) is 0 Å². The quantitative estimate of drug-likeness (QED) is 0.760. The summed E-state index contributed by atoms with van der Waals surface area (Å²) >= 11 is 0. The molecule has 2 aliphatic rings. The van der Waals surface area contributed by atoms with Crippen LogP contribution in [0.5, 0.6) is 0 Å². The average molecular weight is 257 g/mol. The molecule has 0 bridgehead atoms. The second-order valence-electron chi connectivity index (χ2n) is 6.58. The van der Waals surface area contributed by atoms with E-state index >= 15 is 0 Å². The molecule has 0 unspecified atom stereocenters. The molecule has 0 radical (unpaired) electrons. The maximum absolute atomic E-state index is 2.65. The number of piperidine rings is 1. The summed E-state index contributed by atoms with van der Waals surface area (Å²) in [7, 11) is 2.35. The predicted octanol–water partition coefficient (Wildman–Crippen LogP) is 4.37. The van der Waals surface area contributed by atoms with Gasteiger partial charge in [0.25, 0.3) is 0 Å². The first-order chi connectivity index (χ1) is 9.33. The third-order valence-corrected chi connectivity index (χ3v) is 5.50. The van der Waals surface area contributed by atoms with Crippen LogP contribution < -0.4 is 0 Å². The third-order valence-electron chi connectivity index (χ3n) is 5.50. The summed E-state index contributed by atoms with van der Waals surface area (Å²) in [4.78, 5) is 2.65. The molecular formula is C18H27N. The van der Waals surface area contributed by atoms with Gasteiger partial charge in [-0.3, -0.25) is 0 Å². The fourth-order valence-corrected chi connectivity index (χ4v) is 4.54. The first-order valence-corrected chi connectivity index (χ1v) is 8.09. The van der Waals surface area contributed by atoms with E-state index in [-0.39, 0.29) is 0 Å². The van der Waals surface area contributed by atoms with E-state index in [1.165, 1.54) is 57.9 Å². The highest BCUT2D eigenvalue weighted by atomic mass is 15.1. The Bertz CT molecular complexity index is 391. The SMILES string of the molecule is CN1CCCC[C@@H]1C1(c2ccccc2)CCCCC1. The van der Waals surface area contributed by atoms with Gasteiger partial charge < -0.3 is 4.90 Å².